The summed E-state index contributed by atoms with van der Waals surface area (Å²) in [6.07, 6.45) is 0. The lowest BCUT2D eigenvalue weighted by molar-refractivity contribution is 0.694. The minimum absolute atomic E-state index is 1.33. The van der Waals surface area contributed by atoms with Crippen LogP contribution < -0.4 is 0 Å². The van der Waals surface area contributed by atoms with Crippen LogP contribution in [-0.2, 0) is 10.7 Å². The summed E-state index contributed by atoms with van der Waals surface area (Å²) in [4.78, 5) is 0. The summed E-state index contributed by atoms with van der Waals surface area (Å²) in [5, 5.41) is 0. The van der Waals surface area contributed by atoms with E-state index in [1.165, 1.54) is 0 Å². The van der Waals surface area contributed by atoms with Gasteiger partial charge in [0.1, 0.15) is 0 Å². The fourth-order valence-corrected chi connectivity index (χ4v) is 0. The minimum Gasteiger partial charge on any atom is -0.260 e. The molecule has 0 atom stereocenters. The van der Waals surface area contributed by atoms with Crippen molar-refractivity contribution in [3.05, 3.63) is 0 Å². The summed E-state index contributed by atoms with van der Waals surface area (Å²) < 4.78 is 14.9. The average Bonchev–Trinajstić information content (AvgIpc) is 1.36. The standard InChI is InChI=1S/C2H9N3S/c1-5(2)6(3)4/h3-4,6H,1-2H3. The van der Waals surface area contributed by atoms with Gasteiger partial charge in [0.15, 0.2) is 0 Å². The molecular formula is C2H9N3S. The second kappa shape index (κ2) is 2.15. The first-order chi connectivity index (χ1) is 2.64. The maximum Gasteiger partial charge on any atom is -0.00146 e. The molecule has 0 aromatic carbocycles. The van der Waals surface area contributed by atoms with Crippen LogP contribution in [0, 0.1) is 9.56 Å². The Morgan fingerprint density at radius 3 is 1.50 bits per heavy atom. The van der Waals surface area contributed by atoms with Crippen LogP contribution in [0.3, 0.4) is 0 Å². The topological polar surface area (TPSA) is 50.9 Å². The van der Waals surface area contributed by atoms with E-state index in [0.29, 0.717) is 0 Å². The number of hydrogen-bond donors (Lipinski definition) is 3. The zero-order valence-corrected chi connectivity index (χ0v) is 4.79. The van der Waals surface area contributed by atoms with Gasteiger partial charge in [0.05, 0.1) is 0 Å². The van der Waals surface area contributed by atoms with E-state index in [0.717, 1.165) is 0 Å². The van der Waals surface area contributed by atoms with Crippen molar-refractivity contribution in [2.75, 3.05) is 14.1 Å². The molecule has 0 aromatic heterocycles. The summed E-state index contributed by atoms with van der Waals surface area (Å²) in [5.74, 6) is 0. The molecule has 0 spiro atoms. The first-order valence-corrected chi connectivity index (χ1v) is 2.84. The Labute approximate surface area is 39.5 Å². The normalized spacial score (nSPS) is 10.7. The fraction of sp³-hybridized carbons (Fsp3) is 1.00. The summed E-state index contributed by atoms with van der Waals surface area (Å²) in [6, 6.07) is 0. The molecule has 0 aliphatic carbocycles. The second-order valence-electron chi connectivity index (χ2n) is 1.16. The first kappa shape index (κ1) is 5.91. The highest BCUT2D eigenvalue weighted by molar-refractivity contribution is 7.72. The zero-order chi connectivity index (χ0) is 5.15. The molecule has 0 fully saturated rings. The summed E-state index contributed by atoms with van der Waals surface area (Å²) >= 11 is 0. The summed E-state index contributed by atoms with van der Waals surface area (Å²) in [6.45, 7) is 0. The molecule has 2 N–H and O–H groups in total. The van der Waals surface area contributed by atoms with Gasteiger partial charge in [0, 0.05) is 0 Å². The minimum atomic E-state index is -1.33. The molecular weight excluding hydrogens is 98.1 g/mol. The Morgan fingerprint density at radius 1 is 1.33 bits per heavy atom. The van der Waals surface area contributed by atoms with E-state index >= 15 is 0 Å². The average molecular weight is 107 g/mol. The Kier molecular flexibility index (Phi) is 2.12. The predicted octanol–water partition coefficient (Wildman–Crippen LogP) is 0.338. The van der Waals surface area contributed by atoms with E-state index in [1.807, 2.05) is 0 Å². The molecule has 38 valence electrons. The molecule has 4 heteroatoms. The molecule has 0 heterocycles. The van der Waals surface area contributed by atoms with Crippen LogP contribution in [-0.4, -0.2) is 18.4 Å². The van der Waals surface area contributed by atoms with Gasteiger partial charge in [0.2, 0.25) is 0 Å². The molecule has 0 rings (SSSR count). The van der Waals surface area contributed by atoms with Crippen molar-refractivity contribution >= 4 is 10.7 Å². The van der Waals surface area contributed by atoms with Gasteiger partial charge >= 0.3 is 0 Å². The molecule has 0 amide bonds. The van der Waals surface area contributed by atoms with Gasteiger partial charge in [-0.1, -0.05) is 0 Å². The smallest absolute Gasteiger partial charge is 0.00146 e. The molecule has 6 heavy (non-hydrogen) atoms. The van der Waals surface area contributed by atoms with E-state index in [-0.39, 0.29) is 0 Å². The van der Waals surface area contributed by atoms with E-state index in [2.05, 4.69) is 0 Å². The second-order valence-corrected chi connectivity index (χ2v) is 2.58. The lowest BCUT2D eigenvalue weighted by Gasteiger charge is -1.98. The highest BCUT2D eigenvalue weighted by Crippen LogP contribution is 1.69. The molecule has 0 aliphatic rings. The van der Waals surface area contributed by atoms with Crippen molar-refractivity contribution in [2.45, 2.75) is 0 Å². The first-order valence-electron chi connectivity index (χ1n) is 1.54. The van der Waals surface area contributed by atoms with Crippen molar-refractivity contribution in [3.63, 3.8) is 0 Å². The SMILES string of the molecule is CN(C)[SH](=N)=N. The van der Waals surface area contributed by atoms with Gasteiger partial charge in [0.25, 0.3) is 0 Å². The van der Waals surface area contributed by atoms with Crippen LogP contribution in [0.5, 0.6) is 0 Å². The van der Waals surface area contributed by atoms with Crippen molar-refractivity contribution in [3.8, 4) is 0 Å². The van der Waals surface area contributed by atoms with Crippen molar-refractivity contribution in [2.24, 2.45) is 0 Å². The van der Waals surface area contributed by atoms with Crippen LogP contribution in [0.15, 0.2) is 0 Å². The van der Waals surface area contributed by atoms with Crippen LogP contribution in [0.25, 0.3) is 0 Å². The van der Waals surface area contributed by atoms with Crippen molar-refractivity contribution in [1.29, 1.82) is 9.56 Å². The van der Waals surface area contributed by atoms with E-state index in [4.69, 9.17) is 9.56 Å². The van der Waals surface area contributed by atoms with Crippen LogP contribution in [0.1, 0.15) is 0 Å². The Bertz CT molecular complexity index is 85.0. The predicted molar refractivity (Wildman–Crippen MR) is 27.9 cm³/mol. The van der Waals surface area contributed by atoms with Gasteiger partial charge in [-0.2, -0.15) is 0 Å². The quantitative estimate of drug-likeness (QED) is 0.416. The van der Waals surface area contributed by atoms with Crippen LogP contribution >= 0.6 is 0 Å². The van der Waals surface area contributed by atoms with Gasteiger partial charge in [-0.05, 0) is 24.8 Å². The largest absolute Gasteiger partial charge is 0.260 e. The molecule has 0 saturated carbocycles. The molecule has 0 radical (unpaired) electrons. The number of hydrogen-bond acceptors (Lipinski definition) is 2. The number of rotatable bonds is 1. The highest BCUT2D eigenvalue weighted by atomic mass is 32.2. The van der Waals surface area contributed by atoms with Crippen molar-refractivity contribution < 1.29 is 0 Å². The maximum atomic E-state index is 6.69. The van der Waals surface area contributed by atoms with Crippen molar-refractivity contribution in [1.82, 2.24) is 4.31 Å². The van der Waals surface area contributed by atoms with Gasteiger partial charge < -0.3 is 0 Å². The third kappa shape index (κ3) is 2.17. The maximum absolute atomic E-state index is 6.69. The van der Waals surface area contributed by atoms with Gasteiger partial charge in [-0.15, -0.1) is 0 Å². The monoisotopic (exact) mass is 107 g/mol. The summed E-state index contributed by atoms with van der Waals surface area (Å²) in [5.41, 5.74) is 0. The van der Waals surface area contributed by atoms with Crippen LogP contribution in [0.2, 0.25) is 0 Å². The zero-order valence-electron chi connectivity index (χ0n) is 3.89. The molecule has 0 unspecified atom stereocenters. The number of nitrogens with zero attached hydrogens (tertiary/aromatic N) is 1. The Balaban J connectivity index is 3.57. The molecule has 0 bridgehead atoms. The third-order valence-corrected chi connectivity index (χ3v) is 1.20. The third-order valence-electron chi connectivity index (χ3n) is 0.400. The van der Waals surface area contributed by atoms with Crippen LogP contribution in [0.4, 0.5) is 0 Å². The van der Waals surface area contributed by atoms with E-state index in [9.17, 15) is 0 Å². The molecule has 0 aliphatic heterocycles. The molecule has 3 nitrogen and oxygen atoms in total. The molecule has 0 aromatic rings. The lowest BCUT2D eigenvalue weighted by atomic mass is 11.3. The number of thiol groups is 1. The van der Waals surface area contributed by atoms with Gasteiger partial charge in [-0.3, -0.25) is 9.56 Å². The highest BCUT2D eigenvalue weighted by Gasteiger charge is 1.73. The number of nitrogens with one attached hydrogen (secondary N) is 2. The fourth-order valence-electron chi connectivity index (χ4n) is 0. The summed E-state index contributed by atoms with van der Waals surface area (Å²) in [7, 11) is 2.13. The van der Waals surface area contributed by atoms with E-state index < -0.39 is 10.7 Å². The van der Waals surface area contributed by atoms with Gasteiger partial charge in [-0.25, -0.2) is 4.31 Å². The Morgan fingerprint density at radius 2 is 1.50 bits per heavy atom. The van der Waals surface area contributed by atoms with E-state index in [1.54, 1.807) is 18.4 Å². The lowest BCUT2D eigenvalue weighted by Crippen LogP contribution is -2.04. The molecule has 0 saturated heterocycles. The Hall–Kier alpha value is -0.0900.